The Morgan fingerprint density at radius 2 is 1.92 bits per heavy atom. The van der Waals surface area contributed by atoms with Crippen molar-refractivity contribution in [1.82, 2.24) is 34.0 Å². The van der Waals surface area contributed by atoms with Crippen molar-refractivity contribution in [3.05, 3.63) is 57.9 Å². The van der Waals surface area contributed by atoms with Gasteiger partial charge in [-0.15, -0.1) is 11.3 Å². The molecular weight excluding hydrogens is 490 g/mol. The average molecular weight is 528 g/mol. The van der Waals surface area contributed by atoms with E-state index in [1.165, 1.54) is 75.2 Å². The summed E-state index contributed by atoms with van der Waals surface area (Å²) in [5.74, 6) is 1.81. The van der Waals surface area contributed by atoms with E-state index in [0.29, 0.717) is 17.9 Å². The van der Waals surface area contributed by atoms with Crippen LogP contribution in [0.25, 0.3) is 27.1 Å². The smallest absolute Gasteiger partial charge is 0.158 e. The van der Waals surface area contributed by atoms with Crippen LogP contribution in [0, 0.1) is 26.7 Å². The number of aryl methyl sites for hydroxylation is 3. The lowest BCUT2D eigenvalue weighted by atomic mass is 9.70. The van der Waals surface area contributed by atoms with E-state index in [9.17, 15) is 0 Å². The first-order valence-corrected chi connectivity index (χ1v) is 14.8. The highest BCUT2D eigenvalue weighted by molar-refractivity contribution is 7.19. The summed E-state index contributed by atoms with van der Waals surface area (Å²) in [5.41, 5.74) is 10.0. The van der Waals surface area contributed by atoms with Gasteiger partial charge in [-0.2, -0.15) is 5.10 Å². The molecule has 1 N–H and O–H groups in total. The normalized spacial score (nSPS) is 22.0. The van der Waals surface area contributed by atoms with Gasteiger partial charge >= 0.3 is 0 Å². The predicted octanol–water partition coefficient (Wildman–Crippen LogP) is 6.49. The third-order valence-corrected chi connectivity index (χ3v) is 10.7. The molecule has 3 fully saturated rings. The lowest BCUT2D eigenvalue weighted by Gasteiger charge is -2.49. The van der Waals surface area contributed by atoms with Gasteiger partial charge in [-0.3, -0.25) is 4.90 Å². The van der Waals surface area contributed by atoms with Crippen LogP contribution >= 0.6 is 11.3 Å². The van der Waals surface area contributed by atoms with Gasteiger partial charge in [0, 0.05) is 54.4 Å². The standard InChI is InChI=1S/C30H37N7S/c1-16(2)25-26-19(5)28(23-9-22-8-7-20(23)10-36(22)12-21-11-35(6)15-32-21)38-30(26)34-27(25)24-13-37-29(31-14-33-37)18(4)17(24)3/h11,13-16,20,22-23,34H,7-10,12H2,1-6H3/t20?,22-,23+/m0/s1. The fourth-order valence-electron chi connectivity index (χ4n) is 7.33. The Morgan fingerprint density at radius 3 is 2.63 bits per heavy atom. The molecule has 2 saturated heterocycles. The summed E-state index contributed by atoms with van der Waals surface area (Å²) in [4.78, 5) is 18.6. The van der Waals surface area contributed by atoms with Gasteiger partial charge < -0.3 is 9.55 Å². The highest BCUT2D eigenvalue weighted by Crippen LogP contribution is 2.51. The predicted molar refractivity (Wildman–Crippen MR) is 154 cm³/mol. The highest BCUT2D eigenvalue weighted by atomic mass is 32.1. The van der Waals surface area contributed by atoms with Gasteiger partial charge in [0.15, 0.2) is 5.65 Å². The zero-order valence-electron chi connectivity index (χ0n) is 23.2. The minimum absolute atomic E-state index is 0.419. The molecule has 1 unspecified atom stereocenters. The number of H-pyrrole nitrogens is 1. The number of fused-ring (bicyclic) bond motifs is 5. The van der Waals surface area contributed by atoms with E-state index < -0.39 is 0 Å². The van der Waals surface area contributed by atoms with Crippen LogP contribution in [-0.4, -0.2) is 46.6 Å². The molecule has 0 aromatic carbocycles. The molecule has 5 aromatic rings. The summed E-state index contributed by atoms with van der Waals surface area (Å²) >= 11 is 2.02. The minimum Gasteiger partial charge on any atom is -0.346 e. The summed E-state index contributed by atoms with van der Waals surface area (Å²) in [6.07, 6.45) is 11.8. The first kappa shape index (κ1) is 24.1. The fourth-order valence-corrected chi connectivity index (χ4v) is 8.76. The SMILES string of the molecule is Cc1c(-c2[nH]c3sc([C@@H]4C[C@@H]5CCC4CN5Cc4cn(C)cn4)c(C)c3c2C(C)C)cn2ncnc2c1C. The van der Waals surface area contributed by atoms with E-state index in [1.54, 1.807) is 11.2 Å². The van der Waals surface area contributed by atoms with Crippen molar-refractivity contribution in [1.29, 1.82) is 0 Å². The van der Waals surface area contributed by atoms with Crippen LogP contribution in [-0.2, 0) is 13.6 Å². The van der Waals surface area contributed by atoms with Crippen LogP contribution < -0.4 is 0 Å². The number of thiophene rings is 1. The summed E-state index contributed by atoms with van der Waals surface area (Å²) < 4.78 is 3.98. The third kappa shape index (κ3) is 3.60. The molecule has 8 heteroatoms. The van der Waals surface area contributed by atoms with Crippen molar-refractivity contribution in [3.63, 3.8) is 0 Å². The second-order valence-electron chi connectivity index (χ2n) is 12.0. The Morgan fingerprint density at radius 1 is 1.08 bits per heavy atom. The molecule has 198 valence electrons. The van der Waals surface area contributed by atoms with E-state index in [4.69, 9.17) is 0 Å². The zero-order valence-corrected chi connectivity index (χ0v) is 24.1. The monoisotopic (exact) mass is 527 g/mol. The molecule has 3 aliphatic rings. The topological polar surface area (TPSA) is 67.0 Å². The van der Waals surface area contributed by atoms with Gasteiger partial charge in [0.25, 0.3) is 0 Å². The number of hydrogen-bond acceptors (Lipinski definition) is 5. The van der Waals surface area contributed by atoms with Crippen LogP contribution in [0.1, 0.15) is 77.8 Å². The Balaban J connectivity index is 1.26. The maximum Gasteiger partial charge on any atom is 0.158 e. The molecule has 8 rings (SSSR count). The van der Waals surface area contributed by atoms with Crippen molar-refractivity contribution in [2.75, 3.05) is 6.54 Å². The average Bonchev–Trinajstić information content (AvgIpc) is 3.67. The van der Waals surface area contributed by atoms with E-state index in [0.717, 1.165) is 18.1 Å². The highest BCUT2D eigenvalue weighted by Gasteiger charge is 2.42. The van der Waals surface area contributed by atoms with Crippen molar-refractivity contribution in [2.24, 2.45) is 13.0 Å². The number of nitrogens with one attached hydrogen (secondary N) is 1. The maximum atomic E-state index is 4.60. The Labute approximate surface area is 227 Å². The van der Waals surface area contributed by atoms with E-state index >= 15 is 0 Å². The van der Waals surface area contributed by atoms with Crippen LogP contribution in [0.4, 0.5) is 0 Å². The fraction of sp³-hybridized carbons (Fsp3) is 0.500. The number of imidazole rings is 1. The third-order valence-electron chi connectivity index (χ3n) is 9.35. The molecule has 7 heterocycles. The number of piperidine rings is 2. The van der Waals surface area contributed by atoms with Gasteiger partial charge in [0.1, 0.15) is 11.2 Å². The Kier molecular flexibility index (Phi) is 5.57. The summed E-state index contributed by atoms with van der Waals surface area (Å²) in [7, 11) is 2.06. The van der Waals surface area contributed by atoms with Gasteiger partial charge in [-0.05, 0) is 80.0 Å². The second kappa shape index (κ2) is 8.78. The largest absolute Gasteiger partial charge is 0.346 e. The molecule has 7 nitrogen and oxygen atoms in total. The van der Waals surface area contributed by atoms with Crippen molar-refractivity contribution in [2.45, 2.75) is 78.3 Å². The number of aromatic amines is 1. The molecule has 0 spiro atoms. The second-order valence-corrected chi connectivity index (χ2v) is 13.0. The number of rotatable bonds is 5. The molecule has 1 saturated carbocycles. The van der Waals surface area contributed by atoms with Crippen molar-refractivity contribution in [3.8, 4) is 11.3 Å². The maximum absolute atomic E-state index is 4.60. The summed E-state index contributed by atoms with van der Waals surface area (Å²) in [6.45, 7) is 13.6. The molecule has 0 amide bonds. The number of aromatic nitrogens is 6. The van der Waals surface area contributed by atoms with Crippen LogP contribution in [0.3, 0.4) is 0 Å². The van der Waals surface area contributed by atoms with Gasteiger partial charge in [0.05, 0.1) is 17.7 Å². The first-order valence-electron chi connectivity index (χ1n) is 14.0. The summed E-state index contributed by atoms with van der Waals surface area (Å²) in [6, 6.07) is 0.659. The van der Waals surface area contributed by atoms with E-state index in [1.807, 2.05) is 22.2 Å². The van der Waals surface area contributed by atoms with Crippen LogP contribution in [0.5, 0.6) is 0 Å². The molecule has 2 bridgehead atoms. The van der Waals surface area contributed by atoms with Gasteiger partial charge in [-0.25, -0.2) is 14.5 Å². The molecular formula is C30H37N7S. The molecule has 2 aliphatic heterocycles. The molecule has 5 aromatic heterocycles. The number of hydrogen-bond donors (Lipinski definition) is 1. The quantitative estimate of drug-likeness (QED) is 0.284. The van der Waals surface area contributed by atoms with Crippen LogP contribution in [0.2, 0.25) is 0 Å². The number of nitrogens with zero attached hydrogens (tertiary/aromatic N) is 6. The lowest BCUT2D eigenvalue weighted by molar-refractivity contribution is 0.0258. The lowest BCUT2D eigenvalue weighted by Crippen LogP contribution is -2.50. The Hall–Kier alpha value is -2.97. The van der Waals surface area contributed by atoms with Gasteiger partial charge in [0.2, 0.25) is 0 Å². The molecule has 0 radical (unpaired) electrons. The van der Waals surface area contributed by atoms with Crippen molar-refractivity contribution < 1.29 is 0 Å². The number of pyridine rings is 1. The minimum atomic E-state index is 0.419. The molecule has 3 atom stereocenters. The van der Waals surface area contributed by atoms with E-state index in [2.05, 4.69) is 83.6 Å². The van der Waals surface area contributed by atoms with Crippen LogP contribution in [0.15, 0.2) is 25.0 Å². The van der Waals surface area contributed by atoms with Gasteiger partial charge in [-0.1, -0.05) is 13.8 Å². The molecule has 38 heavy (non-hydrogen) atoms. The van der Waals surface area contributed by atoms with E-state index in [-0.39, 0.29) is 0 Å². The molecule has 1 aliphatic carbocycles. The summed E-state index contributed by atoms with van der Waals surface area (Å²) in [5, 5.41) is 5.91. The Bertz CT molecular complexity index is 1660. The first-order chi connectivity index (χ1) is 18.3. The van der Waals surface area contributed by atoms with Crippen molar-refractivity contribution >= 4 is 27.2 Å². The zero-order chi connectivity index (χ0) is 26.3.